The van der Waals surface area contributed by atoms with Crippen molar-refractivity contribution < 1.29 is 14.3 Å². The molecule has 0 radical (unpaired) electrons. The van der Waals surface area contributed by atoms with Crippen molar-refractivity contribution in [3.8, 4) is 5.75 Å². The van der Waals surface area contributed by atoms with Gasteiger partial charge in [-0.15, -0.1) is 0 Å². The quantitative estimate of drug-likeness (QED) is 0.209. The molecular weight excluding hydrogens is 520 g/mol. The molecule has 200 valence electrons. The Kier molecular flexibility index (Phi) is 9.19. The summed E-state index contributed by atoms with van der Waals surface area (Å²) in [6, 6.07) is 11.5. The van der Waals surface area contributed by atoms with Crippen LogP contribution in [-0.2, 0) is 16.0 Å². The number of methoxy groups -OCH3 is 1. The van der Waals surface area contributed by atoms with Gasteiger partial charge in [-0.05, 0) is 69.0 Å². The summed E-state index contributed by atoms with van der Waals surface area (Å²) in [5.41, 5.74) is 2.61. The van der Waals surface area contributed by atoms with Gasteiger partial charge < -0.3 is 14.8 Å². The number of hydrogen-bond acceptors (Lipinski definition) is 8. The topological polar surface area (TPSA) is 85.2 Å². The number of pyridine rings is 1. The zero-order chi connectivity index (χ0) is 27.2. The van der Waals surface area contributed by atoms with Gasteiger partial charge >= 0.3 is 0 Å². The molecule has 1 saturated heterocycles. The Labute approximate surface area is 232 Å². The van der Waals surface area contributed by atoms with Gasteiger partial charge in [0.1, 0.15) is 21.5 Å². The van der Waals surface area contributed by atoms with Crippen molar-refractivity contribution in [1.29, 1.82) is 0 Å². The van der Waals surface area contributed by atoms with Crippen LogP contribution >= 0.6 is 24.0 Å². The number of hydrogen-bond donors (Lipinski definition) is 1. The van der Waals surface area contributed by atoms with Gasteiger partial charge in [0.25, 0.3) is 11.5 Å². The van der Waals surface area contributed by atoms with Crippen LogP contribution in [0.3, 0.4) is 0 Å². The normalized spacial score (nSPS) is 14.8. The molecule has 0 unspecified atom stereocenters. The summed E-state index contributed by atoms with van der Waals surface area (Å²) in [4.78, 5) is 33.6. The Morgan fingerprint density at radius 1 is 1.18 bits per heavy atom. The lowest BCUT2D eigenvalue weighted by atomic mass is 10.1. The van der Waals surface area contributed by atoms with E-state index < -0.39 is 0 Å². The molecule has 1 aliphatic rings. The van der Waals surface area contributed by atoms with Gasteiger partial charge in [-0.1, -0.05) is 42.2 Å². The number of fused-ring (bicyclic) bond motifs is 1. The largest absolute Gasteiger partial charge is 0.497 e. The molecule has 38 heavy (non-hydrogen) atoms. The first kappa shape index (κ1) is 27.8. The molecular formula is C28H32N4O4S2. The second-order valence-corrected chi connectivity index (χ2v) is 10.9. The summed E-state index contributed by atoms with van der Waals surface area (Å²) < 4.78 is 12.8. The number of nitrogens with one attached hydrogen (secondary N) is 1. The first-order chi connectivity index (χ1) is 18.3. The number of thiocarbonyl (C=S) groups is 1. The predicted molar refractivity (Wildman–Crippen MR) is 157 cm³/mol. The molecule has 0 atom stereocenters. The standard InChI is InChI=1S/C28H32N4O4S2/c1-18(2)36-16-6-13-29-24-22(26(33)31-14-5-7-19(3)25(31)30-24)17-23-27(34)32(28(37)38-23)15-12-20-8-10-21(35-4)11-9-20/h5,7-11,14,17-18,29H,6,12-13,15-16H2,1-4H3. The summed E-state index contributed by atoms with van der Waals surface area (Å²) >= 11 is 6.73. The van der Waals surface area contributed by atoms with Crippen LogP contribution in [0.15, 0.2) is 52.3 Å². The zero-order valence-electron chi connectivity index (χ0n) is 22.0. The van der Waals surface area contributed by atoms with E-state index in [4.69, 9.17) is 26.7 Å². The van der Waals surface area contributed by atoms with Gasteiger partial charge in [-0.2, -0.15) is 0 Å². The fourth-order valence-electron chi connectivity index (χ4n) is 4.03. The maximum absolute atomic E-state index is 13.5. The van der Waals surface area contributed by atoms with Crippen LogP contribution in [0.25, 0.3) is 11.7 Å². The third-order valence-electron chi connectivity index (χ3n) is 6.08. The molecule has 0 bridgehead atoms. The van der Waals surface area contributed by atoms with Crippen LogP contribution in [0.1, 0.15) is 37.0 Å². The van der Waals surface area contributed by atoms with Crippen molar-refractivity contribution in [2.75, 3.05) is 32.1 Å². The van der Waals surface area contributed by atoms with E-state index in [9.17, 15) is 9.59 Å². The van der Waals surface area contributed by atoms with E-state index in [2.05, 4.69) is 5.32 Å². The lowest BCUT2D eigenvalue weighted by Gasteiger charge is -2.14. The number of rotatable bonds is 11. The van der Waals surface area contributed by atoms with Crippen molar-refractivity contribution in [2.45, 2.75) is 39.7 Å². The average Bonchev–Trinajstić information content (AvgIpc) is 3.17. The zero-order valence-corrected chi connectivity index (χ0v) is 23.7. The van der Waals surface area contributed by atoms with Crippen LogP contribution in [0.4, 0.5) is 5.82 Å². The molecule has 0 spiro atoms. The van der Waals surface area contributed by atoms with Crippen LogP contribution in [0.2, 0.25) is 0 Å². The maximum atomic E-state index is 13.5. The number of amides is 1. The van der Waals surface area contributed by atoms with E-state index in [1.807, 2.05) is 57.2 Å². The van der Waals surface area contributed by atoms with Gasteiger partial charge in [0.05, 0.1) is 23.7 Å². The fraction of sp³-hybridized carbons (Fsp3) is 0.357. The van der Waals surface area contributed by atoms with Gasteiger partial charge in [0, 0.05) is 25.9 Å². The summed E-state index contributed by atoms with van der Waals surface area (Å²) in [7, 11) is 1.63. The van der Waals surface area contributed by atoms with E-state index in [1.165, 1.54) is 16.2 Å². The fourth-order valence-corrected chi connectivity index (χ4v) is 5.32. The highest BCUT2D eigenvalue weighted by Crippen LogP contribution is 2.33. The molecule has 1 amide bonds. The highest BCUT2D eigenvalue weighted by molar-refractivity contribution is 8.26. The van der Waals surface area contributed by atoms with Crippen LogP contribution in [0, 0.1) is 6.92 Å². The Morgan fingerprint density at radius 2 is 1.95 bits per heavy atom. The number of carbonyl (C=O) groups excluding carboxylic acids is 1. The van der Waals surface area contributed by atoms with Crippen molar-refractivity contribution in [1.82, 2.24) is 14.3 Å². The van der Waals surface area contributed by atoms with Crippen molar-refractivity contribution in [3.63, 3.8) is 0 Å². The minimum atomic E-state index is -0.247. The molecule has 4 rings (SSSR count). The second kappa shape index (κ2) is 12.6. The Balaban J connectivity index is 1.58. The Morgan fingerprint density at radius 3 is 2.66 bits per heavy atom. The third kappa shape index (κ3) is 6.43. The van der Waals surface area contributed by atoms with E-state index in [-0.39, 0.29) is 17.6 Å². The second-order valence-electron chi connectivity index (χ2n) is 9.20. The van der Waals surface area contributed by atoms with Crippen molar-refractivity contribution >= 4 is 51.7 Å². The minimum Gasteiger partial charge on any atom is -0.497 e. The van der Waals surface area contributed by atoms with Gasteiger partial charge in [-0.3, -0.25) is 18.9 Å². The molecule has 0 aliphatic carbocycles. The molecule has 3 heterocycles. The molecule has 1 N–H and O–H groups in total. The average molecular weight is 553 g/mol. The number of aromatic nitrogens is 2. The first-order valence-corrected chi connectivity index (χ1v) is 13.8. The molecule has 8 nitrogen and oxygen atoms in total. The molecule has 1 aromatic carbocycles. The summed E-state index contributed by atoms with van der Waals surface area (Å²) in [5.74, 6) is 1.01. The lowest BCUT2D eigenvalue weighted by molar-refractivity contribution is -0.122. The molecule has 3 aromatic rings. The lowest BCUT2D eigenvalue weighted by Crippen LogP contribution is -2.30. The predicted octanol–water partition coefficient (Wildman–Crippen LogP) is 4.68. The first-order valence-electron chi connectivity index (χ1n) is 12.5. The van der Waals surface area contributed by atoms with E-state index >= 15 is 0 Å². The van der Waals surface area contributed by atoms with Gasteiger partial charge in [0.15, 0.2) is 0 Å². The highest BCUT2D eigenvalue weighted by atomic mass is 32.2. The number of aryl methyl sites for hydroxylation is 1. The number of carbonyl (C=O) groups is 1. The maximum Gasteiger partial charge on any atom is 0.267 e. The van der Waals surface area contributed by atoms with Crippen molar-refractivity contribution in [2.24, 2.45) is 0 Å². The van der Waals surface area contributed by atoms with E-state index in [0.29, 0.717) is 52.4 Å². The number of thioether (sulfide) groups is 1. The summed E-state index contributed by atoms with van der Waals surface area (Å²) in [6.07, 6.45) is 4.86. The van der Waals surface area contributed by atoms with E-state index in [1.54, 1.807) is 24.3 Å². The SMILES string of the molecule is COc1ccc(CCN2C(=O)C(=Cc3c(NCCCOC(C)C)nc4c(C)cccn4c3=O)SC2=S)cc1. The summed E-state index contributed by atoms with van der Waals surface area (Å²) in [6.45, 7) is 7.52. The van der Waals surface area contributed by atoms with E-state index in [0.717, 1.165) is 23.3 Å². The molecule has 10 heteroatoms. The Hall–Kier alpha value is -3.21. The van der Waals surface area contributed by atoms with Crippen molar-refractivity contribution in [3.05, 3.63) is 74.5 Å². The van der Waals surface area contributed by atoms with Crippen LogP contribution in [-0.4, -0.2) is 57.4 Å². The summed E-state index contributed by atoms with van der Waals surface area (Å²) in [5, 5.41) is 3.29. The molecule has 1 aliphatic heterocycles. The molecule has 1 fully saturated rings. The van der Waals surface area contributed by atoms with Crippen LogP contribution < -0.4 is 15.6 Å². The monoisotopic (exact) mass is 552 g/mol. The Bertz CT molecular complexity index is 1420. The number of anilines is 1. The van der Waals surface area contributed by atoms with Crippen LogP contribution in [0.5, 0.6) is 5.75 Å². The number of benzene rings is 1. The molecule has 0 saturated carbocycles. The number of ether oxygens (including phenoxy) is 2. The van der Waals surface area contributed by atoms with Gasteiger partial charge in [-0.25, -0.2) is 4.98 Å². The van der Waals surface area contributed by atoms with Gasteiger partial charge in [0.2, 0.25) is 0 Å². The smallest absolute Gasteiger partial charge is 0.267 e. The minimum absolute atomic E-state index is 0.156. The third-order valence-corrected chi connectivity index (χ3v) is 7.46. The molecule has 2 aromatic heterocycles. The number of nitrogens with zero attached hydrogens (tertiary/aromatic N) is 3. The highest BCUT2D eigenvalue weighted by Gasteiger charge is 2.32.